The van der Waals surface area contributed by atoms with Crippen LogP contribution in [0.4, 0.5) is 4.39 Å². The van der Waals surface area contributed by atoms with Crippen LogP contribution in [0.2, 0.25) is 0 Å². The summed E-state index contributed by atoms with van der Waals surface area (Å²) in [6.07, 6.45) is 2.46. The Morgan fingerprint density at radius 2 is 2.24 bits per heavy atom. The zero-order valence-electron chi connectivity index (χ0n) is 12.3. The monoisotopic (exact) mass is 292 g/mol. The van der Waals surface area contributed by atoms with Crippen molar-refractivity contribution in [3.8, 4) is 11.8 Å². The Morgan fingerprint density at radius 3 is 2.86 bits per heavy atom. The molecule has 2 rings (SSSR count). The van der Waals surface area contributed by atoms with E-state index in [2.05, 4.69) is 11.4 Å². The third-order valence-electron chi connectivity index (χ3n) is 3.75. The summed E-state index contributed by atoms with van der Waals surface area (Å²) in [5.41, 5.74) is 0.829. The molecule has 0 aromatic heterocycles. The molecule has 0 amide bonds. The Labute approximate surface area is 124 Å². The smallest absolute Gasteiger partial charge is 0.165 e. The highest BCUT2D eigenvalue weighted by atomic mass is 19.1. The molecule has 0 radical (unpaired) electrons. The molecule has 5 heteroatoms. The van der Waals surface area contributed by atoms with Gasteiger partial charge in [-0.15, -0.1) is 0 Å². The molecule has 0 bridgehead atoms. The standard InChI is InChI=1S/C16H21FN2O2/c1-20-9-8-19-11-13-2-3-15(14(17)10-13)21-12-16(4-5-16)6-7-18/h2-3,10,19H,4-6,8-9,11-12H2,1H3. The lowest BCUT2D eigenvalue weighted by molar-refractivity contribution is 0.199. The van der Waals surface area contributed by atoms with E-state index in [9.17, 15) is 4.39 Å². The van der Waals surface area contributed by atoms with Crippen molar-refractivity contribution in [2.45, 2.75) is 25.8 Å². The lowest BCUT2D eigenvalue weighted by Gasteiger charge is -2.14. The van der Waals surface area contributed by atoms with Gasteiger partial charge in [0, 0.05) is 32.0 Å². The van der Waals surface area contributed by atoms with Crippen LogP contribution in [0.5, 0.6) is 5.75 Å². The Balaban J connectivity index is 1.83. The molecule has 1 fully saturated rings. The van der Waals surface area contributed by atoms with Gasteiger partial charge < -0.3 is 14.8 Å². The number of nitrogens with zero attached hydrogens (tertiary/aromatic N) is 1. The Hall–Kier alpha value is -1.64. The van der Waals surface area contributed by atoms with Gasteiger partial charge in [0.25, 0.3) is 0 Å². The van der Waals surface area contributed by atoms with Crippen molar-refractivity contribution in [2.75, 3.05) is 26.9 Å². The normalized spacial score (nSPS) is 15.5. The third-order valence-corrected chi connectivity index (χ3v) is 3.75. The van der Waals surface area contributed by atoms with Crippen LogP contribution in [-0.4, -0.2) is 26.9 Å². The predicted molar refractivity (Wildman–Crippen MR) is 77.4 cm³/mol. The molecule has 1 N–H and O–H groups in total. The number of rotatable bonds is 9. The maximum absolute atomic E-state index is 14.0. The molecule has 0 unspecified atom stereocenters. The topological polar surface area (TPSA) is 54.3 Å². The molecule has 1 saturated carbocycles. The Kier molecular flexibility index (Phi) is 5.54. The van der Waals surface area contributed by atoms with Gasteiger partial charge >= 0.3 is 0 Å². The molecule has 0 heterocycles. The molecule has 1 aromatic carbocycles. The second-order valence-corrected chi connectivity index (χ2v) is 5.56. The molecule has 1 aliphatic rings. The maximum atomic E-state index is 14.0. The average molecular weight is 292 g/mol. The van der Waals surface area contributed by atoms with E-state index in [4.69, 9.17) is 14.7 Å². The van der Waals surface area contributed by atoms with Gasteiger partial charge in [-0.3, -0.25) is 0 Å². The summed E-state index contributed by atoms with van der Waals surface area (Å²) < 4.78 is 24.4. The summed E-state index contributed by atoms with van der Waals surface area (Å²) in [4.78, 5) is 0. The maximum Gasteiger partial charge on any atom is 0.165 e. The minimum atomic E-state index is -0.353. The summed E-state index contributed by atoms with van der Waals surface area (Å²) in [7, 11) is 1.65. The Morgan fingerprint density at radius 1 is 1.43 bits per heavy atom. The van der Waals surface area contributed by atoms with Gasteiger partial charge in [0.05, 0.1) is 19.3 Å². The second-order valence-electron chi connectivity index (χ2n) is 5.56. The van der Waals surface area contributed by atoms with Gasteiger partial charge in [0.1, 0.15) is 0 Å². The van der Waals surface area contributed by atoms with Crippen molar-refractivity contribution in [1.82, 2.24) is 5.32 Å². The van der Waals surface area contributed by atoms with Crippen LogP contribution in [-0.2, 0) is 11.3 Å². The van der Waals surface area contributed by atoms with Gasteiger partial charge in [-0.05, 0) is 30.5 Å². The van der Waals surface area contributed by atoms with Crippen molar-refractivity contribution in [1.29, 1.82) is 5.26 Å². The van der Waals surface area contributed by atoms with Gasteiger partial charge in [-0.2, -0.15) is 5.26 Å². The molecule has 0 spiro atoms. The van der Waals surface area contributed by atoms with Gasteiger partial charge in [-0.1, -0.05) is 6.07 Å². The van der Waals surface area contributed by atoms with Crippen LogP contribution in [0.1, 0.15) is 24.8 Å². The summed E-state index contributed by atoms with van der Waals surface area (Å²) in [5, 5.41) is 11.9. The number of hydrogen-bond donors (Lipinski definition) is 1. The predicted octanol–water partition coefficient (Wildman–Crippen LogP) is 2.63. The number of halogens is 1. The molecular formula is C16H21FN2O2. The molecule has 0 saturated heterocycles. The molecule has 0 atom stereocenters. The fourth-order valence-corrected chi connectivity index (χ4v) is 2.13. The molecule has 114 valence electrons. The zero-order chi connectivity index (χ0) is 15.1. The van der Waals surface area contributed by atoms with Crippen LogP contribution >= 0.6 is 0 Å². The van der Waals surface area contributed by atoms with Crippen LogP contribution in [0, 0.1) is 22.6 Å². The first-order valence-electron chi connectivity index (χ1n) is 7.17. The molecule has 1 aliphatic carbocycles. The quantitative estimate of drug-likeness (QED) is 0.711. The number of benzene rings is 1. The molecule has 4 nitrogen and oxygen atoms in total. The molecular weight excluding hydrogens is 271 g/mol. The van der Waals surface area contributed by atoms with Gasteiger partial charge in [0.2, 0.25) is 0 Å². The van der Waals surface area contributed by atoms with Crippen molar-refractivity contribution >= 4 is 0 Å². The van der Waals surface area contributed by atoms with Gasteiger partial charge in [-0.25, -0.2) is 4.39 Å². The first-order valence-corrected chi connectivity index (χ1v) is 7.17. The first-order chi connectivity index (χ1) is 10.2. The van der Waals surface area contributed by atoms with E-state index in [1.165, 1.54) is 6.07 Å². The zero-order valence-corrected chi connectivity index (χ0v) is 12.3. The van der Waals surface area contributed by atoms with E-state index >= 15 is 0 Å². The number of nitrogens with one attached hydrogen (secondary N) is 1. The third kappa shape index (κ3) is 4.69. The van der Waals surface area contributed by atoms with E-state index in [-0.39, 0.29) is 17.0 Å². The molecule has 1 aromatic rings. The first kappa shape index (κ1) is 15.7. The van der Waals surface area contributed by atoms with E-state index < -0.39 is 0 Å². The number of nitriles is 1. The van der Waals surface area contributed by atoms with Crippen molar-refractivity contribution < 1.29 is 13.9 Å². The minimum Gasteiger partial charge on any atom is -0.490 e. The lowest BCUT2D eigenvalue weighted by Crippen LogP contribution is -2.18. The number of hydrogen-bond acceptors (Lipinski definition) is 4. The van der Waals surface area contributed by atoms with E-state index in [1.807, 2.05) is 6.07 Å². The second kappa shape index (κ2) is 7.39. The molecule has 21 heavy (non-hydrogen) atoms. The Bertz CT molecular complexity index is 509. The van der Waals surface area contributed by atoms with Gasteiger partial charge in [0.15, 0.2) is 11.6 Å². The summed E-state index contributed by atoms with van der Waals surface area (Å²) in [6, 6.07) is 7.16. The average Bonchev–Trinajstić information content (AvgIpc) is 3.23. The largest absolute Gasteiger partial charge is 0.490 e. The lowest BCUT2D eigenvalue weighted by atomic mass is 10.1. The van der Waals surface area contributed by atoms with Crippen molar-refractivity contribution in [3.05, 3.63) is 29.6 Å². The fourth-order valence-electron chi connectivity index (χ4n) is 2.13. The highest BCUT2D eigenvalue weighted by molar-refractivity contribution is 5.29. The van der Waals surface area contributed by atoms with Crippen molar-refractivity contribution in [3.63, 3.8) is 0 Å². The molecule has 0 aliphatic heterocycles. The highest BCUT2D eigenvalue weighted by Crippen LogP contribution is 2.48. The SMILES string of the molecule is COCCNCc1ccc(OCC2(CC#N)CC2)c(F)c1. The van der Waals surface area contributed by atoms with Crippen LogP contribution < -0.4 is 10.1 Å². The number of ether oxygens (including phenoxy) is 2. The summed E-state index contributed by atoms with van der Waals surface area (Å²) in [5.74, 6) is -0.0892. The fraction of sp³-hybridized carbons (Fsp3) is 0.562. The summed E-state index contributed by atoms with van der Waals surface area (Å²) >= 11 is 0. The summed E-state index contributed by atoms with van der Waals surface area (Å²) in [6.45, 7) is 2.37. The van der Waals surface area contributed by atoms with E-state index in [0.717, 1.165) is 24.9 Å². The van der Waals surface area contributed by atoms with Crippen LogP contribution in [0.3, 0.4) is 0 Å². The van der Waals surface area contributed by atoms with Crippen LogP contribution in [0.25, 0.3) is 0 Å². The van der Waals surface area contributed by atoms with Crippen molar-refractivity contribution in [2.24, 2.45) is 5.41 Å². The number of methoxy groups -OCH3 is 1. The highest BCUT2D eigenvalue weighted by Gasteiger charge is 2.43. The van der Waals surface area contributed by atoms with E-state index in [1.54, 1.807) is 13.2 Å². The minimum absolute atomic E-state index is 0.0401. The van der Waals surface area contributed by atoms with E-state index in [0.29, 0.717) is 26.2 Å². The van der Waals surface area contributed by atoms with Crippen LogP contribution in [0.15, 0.2) is 18.2 Å².